The number of rotatable bonds is 3. The molecule has 1 aromatic rings. The van der Waals surface area contributed by atoms with Gasteiger partial charge < -0.3 is 10.0 Å². The van der Waals surface area contributed by atoms with Crippen LogP contribution in [0.25, 0.3) is 0 Å². The summed E-state index contributed by atoms with van der Waals surface area (Å²) in [4.78, 5) is 2.15. The highest BCUT2D eigenvalue weighted by Crippen LogP contribution is 2.22. The Labute approximate surface area is 89.9 Å². The molecule has 2 rings (SSSR count). The van der Waals surface area contributed by atoms with Crippen molar-refractivity contribution in [1.82, 2.24) is 10.2 Å². The molecule has 2 heterocycles. The Morgan fingerprint density at radius 2 is 2.33 bits per heavy atom. The first-order chi connectivity index (χ1) is 7.35. The first kappa shape index (κ1) is 10.4. The summed E-state index contributed by atoms with van der Waals surface area (Å²) in [7, 11) is 0. The Bertz CT molecular complexity index is 312. The van der Waals surface area contributed by atoms with Crippen molar-refractivity contribution in [3.05, 3.63) is 17.8 Å². The number of aryl methyl sites for hydroxylation is 1. The molecule has 0 spiro atoms. The minimum absolute atomic E-state index is 0.206. The minimum Gasteiger partial charge on any atom is -0.394 e. The molecule has 1 aliphatic rings. The lowest BCUT2D eigenvalue weighted by molar-refractivity contribution is 0.266. The highest BCUT2D eigenvalue weighted by atomic mass is 16.3. The van der Waals surface area contributed by atoms with Gasteiger partial charge in [0.25, 0.3) is 0 Å². The van der Waals surface area contributed by atoms with Crippen LogP contribution in [0.3, 0.4) is 0 Å². The molecule has 1 unspecified atom stereocenters. The van der Waals surface area contributed by atoms with E-state index in [1.54, 1.807) is 0 Å². The van der Waals surface area contributed by atoms with E-state index in [9.17, 15) is 5.11 Å². The summed E-state index contributed by atoms with van der Waals surface area (Å²) in [5.41, 5.74) is 1.01. The smallest absolute Gasteiger partial charge is 0.151 e. The highest BCUT2D eigenvalue weighted by Gasteiger charge is 2.24. The normalized spacial score (nSPS) is 20.9. The molecule has 15 heavy (non-hydrogen) atoms. The Hall–Kier alpha value is -1.16. The molecule has 0 aliphatic carbocycles. The molecule has 1 aliphatic heterocycles. The fourth-order valence-corrected chi connectivity index (χ4v) is 2.02. The number of aromatic nitrogens is 2. The minimum atomic E-state index is 0.206. The molecular weight excluding hydrogens is 190 g/mol. The fraction of sp³-hybridized carbons (Fsp3) is 0.636. The zero-order valence-corrected chi connectivity index (χ0v) is 9.06. The second kappa shape index (κ2) is 4.57. The summed E-state index contributed by atoms with van der Waals surface area (Å²) >= 11 is 0. The van der Waals surface area contributed by atoms with Gasteiger partial charge in [0.15, 0.2) is 5.82 Å². The van der Waals surface area contributed by atoms with E-state index in [0.29, 0.717) is 0 Å². The predicted octanol–water partition coefficient (Wildman–Crippen LogP) is 1.00. The monoisotopic (exact) mass is 207 g/mol. The van der Waals surface area contributed by atoms with Crippen LogP contribution in [-0.4, -0.2) is 34.5 Å². The van der Waals surface area contributed by atoms with Crippen LogP contribution in [0.1, 0.15) is 25.5 Å². The lowest BCUT2D eigenvalue weighted by Crippen LogP contribution is -2.32. The highest BCUT2D eigenvalue weighted by molar-refractivity contribution is 5.40. The summed E-state index contributed by atoms with van der Waals surface area (Å²) in [5, 5.41) is 17.5. The van der Waals surface area contributed by atoms with Gasteiger partial charge in [-0.1, -0.05) is 6.92 Å². The van der Waals surface area contributed by atoms with Crippen molar-refractivity contribution in [1.29, 1.82) is 0 Å². The number of hydrogen-bond donors (Lipinski definition) is 1. The predicted molar refractivity (Wildman–Crippen MR) is 58.9 cm³/mol. The molecule has 4 nitrogen and oxygen atoms in total. The van der Waals surface area contributed by atoms with Gasteiger partial charge in [0.2, 0.25) is 0 Å². The SMILES string of the molecule is CCc1ccc(N2CCCC2CO)nn1. The number of hydrogen-bond acceptors (Lipinski definition) is 4. The molecule has 0 saturated carbocycles. The van der Waals surface area contributed by atoms with E-state index in [1.165, 1.54) is 0 Å². The number of anilines is 1. The molecule has 0 bridgehead atoms. The van der Waals surface area contributed by atoms with E-state index in [4.69, 9.17) is 0 Å². The van der Waals surface area contributed by atoms with Gasteiger partial charge in [-0.25, -0.2) is 0 Å². The van der Waals surface area contributed by atoms with Crippen molar-refractivity contribution in [2.75, 3.05) is 18.1 Å². The zero-order valence-electron chi connectivity index (χ0n) is 9.06. The number of nitrogens with zero attached hydrogens (tertiary/aromatic N) is 3. The maximum atomic E-state index is 9.21. The Kier molecular flexibility index (Phi) is 3.16. The Morgan fingerprint density at radius 3 is 2.93 bits per heavy atom. The van der Waals surface area contributed by atoms with Crippen LogP contribution in [0.4, 0.5) is 5.82 Å². The second-order valence-electron chi connectivity index (χ2n) is 3.91. The van der Waals surface area contributed by atoms with Gasteiger partial charge in [0.1, 0.15) is 0 Å². The van der Waals surface area contributed by atoms with E-state index in [-0.39, 0.29) is 12.6 Å². The molecule has 82 valence electrons. The van der Waals surface area contributed by atoms with Gasteiger partial charge in [0, 0.05) is 6.54 Å². The van der Waals surface area contributed by atoms with Gasteiger partial charge in [-0.2, -0.15) is 5.10 Å². The van der Waals surface area contributed by atoms with Crippen LogP contribution in [0.2, 0.25) is 0 Å². The Morgan fingerprint density at radius 1 is 1.47 bits per heavy atom. The fourth-order valence-electron chi connectivity index (χ4n) is 2.02. The molecule has 0 aromatic carbocycles. The zero-order chi connectivity index (χ0) is 10.7. The topological polar surface area (TPSA) is 49.2 Å². The summed E-state index contributed by atoms with van der Waals surface area (Å²) in [6.07, 6.45) is 3.09. The molecule has 1 saturated heterocycles. The average Bonchev–Trinajstić information content (AvgIpc) is 2.77. The maximum Gasteiger partial charge on any atom is 0.151 e. The van der Waals surface area contributed by atoms with Gasteiger partial charge >= 0.3 is 0 Å². The van der Waals surface area contributed by atoms with Crippen LogP contribution in [0.15, 0.2) is 12.1 Å². The standard InChI is InChI=1S/C11H17N3O/c1-2-9-5-6-11(13-12-9)14-7-3-4-10(14)8-15/h5-6,10,15H,2-4,7-8H2,1H3. The summed E-state index contributed by atoms with van der Waals surface area (Å²) in [6.45, 7) is 3.25. The Balaban J connectivity index is 2.14. The van der Waals surface area contributed by atoms with Crippen molar-refractivity contribution < 1.29 is 5.11 Å². The number of aliphatic hydroxyl groups excluding tert-OH is 1. The first-order valence-electron chi connectivity index (χ1n) is 5.55. The van der Waals surface area contributed by atoms with Crippen LogP contribution in [0, 0.1) is 0 Å². The van der Waals surface area contributed by atoms with Crippen molar-refractivity contribution >= 4 is 5.82 Å². The van der Waals surface area contributed by atoms with Gasteiger partial charge in [0.05, 0.1) is 18.3 Å². The van der Waals surface area contributed by atoms with Crippen LogP contribution >= 0.6 is 0 Å². The van der Waals surface area contributed by atoms with Crippen molar-refractivity contribution in [3.8, 4) is 0 Å². The largest absolute Gasteiger partial charge is 0.394 e. The van der Waals surface area contributed by atoms with Crippen molar-refractivity contribution in [3.63, 3.8) is 0 Å². The summed E-state index contributed by atoms with van der Waals surface area (Å²) in [6, 6.07) is 4.24. The second-order valence-corrected chi connectivity index (χ2v) is 3.91. The third kappa shape index (κ3) is 2.09. The van der Waals surface area contributed by atoms with Crippen molar-refractivity contribution in [2.24, 2.45) is 0 Å². The van der Waals surface area contributed by atoms with Crippen LogP contribution in [-0.2, 0) is 6.42 Å². The summed E-state index contributed by atoms with van der Waals surface area (Å²) in [5.74, 6) is 0.892. The molecule has 0 radical (unpaired) electrons. The quantitative estimate of drug-likeness (QED) is 0.803. The molecule has 1 atom stereocenters. The molecule has 1 aromatic heterocycles. The van der Waals surface area contributed by atoms with Gasteiger partial charge in [-0.15, -0.1) is 5.10 Å². The van der Waals surface area contributed by atoms with Crippen molar-refractivity contribution in [2.45, 2.75) is 32.2 Å². The third-order valence-corrected chi connectivity index (χ3v) is 2.95. The van der Waals surface area contributed by atoms with E-state index >= 15 is 0 Å². The molecular formula is C11H17N3O. The summed E-state index contributed by atoms with van der Waals surface area (Å²) < 4.78 is 0. The number of aliphatic hydroxyl groups is 1. The van der Waals surface area contributed by atoms with E-state index < -0.39 is 0 Å². The molecule has 4 heteroatoms. The van der Waals surface area contributed by atoms with E-state index in [2.05, 4.69) is 22.0 Å². The third-order valence-electron chi connectivity index (χ3n) is 2.95. The average molecular weight is 207 g/mol. The van der Waals surface area contributed by atoms with E-state index in [1.807, 2.05) is 12.1 Å². The molecule has 0 amide bonds. The van der Waals surface area contributed by atoms with Gasteiger partial charge in [-0.05, 0) is 31.4 Å². The van der Waals surface area contributed by atoms with E-state index in [0.717, 1.165) is 37.3 Å². The van der Waals surface area contributed by atoms with Gasteiger partial charge in [-0.3, -0.25) is 0 Å². The van der Waals surface area contributed by atoms with Crippen LogP contribution in [0.5, 0.6) is 0 Å². The maximum absolute atomic E-state index is 9.21. The molecule has 1 fully saturated rings. The lowest BCUT2D eigenvalue weighted by Gasteiger charge is -2.23. The van der Waals surface area contributed by atoms with Crippen LogP contribution < -0.4 is 4.90 Å². The molecule has 1 N–H and O–H groups in total. The lowest BCUT2D eigenvalue weighted by atomic mass is 10.2. The first-order valence-corrected chi connectivity index (χ1v) is 5.55.